The minimum Gasteiger partial charge on any atom is -0.497 e. The van der Waals surface area contributed by atoms with Crippen LogP contribution in [0, 0.1) is 6.92 Å². The molecule has 23 heteroatoms. The predicted octanol–water partition coefficient (Wildman–Crippen LogP) is 9.43. The maximum Gasteiger partial charge on any atom is 0.438 e. The van der Waals surface area contributed by atoms with Crippen molar-refractivity contribution in [2.24, 2.45) is 0 Å². The van der Waals surface area contributed by atoms with Gasteiger partial charge in [0.05, 0.1) is 31.1 Å². The van der Waals surface area contributed by atoms with Crippen LogP contribution in [0.5, 0.6) is 28.7 Å². The number of hydrogen-bond donors (Lipinski definition) is 1. The summed E-state index contributed by atoms with van der Waals surface area (Å²) in [6.45, 7) is 0.467. The van der Waals surface area contributed by atoms with Crippen LogP contribution in [0.1, 0.15) is 11.1 Å². The van der Waals surface area contributed by atoms with E-state index in [0.29, 0.717) is 47.4 Å². The molecule has 0 saturated carbocycles. The van der Waals surface area contributed by atoms with Crippen molar-refractivity contribution in [3.8, 4) is 39.9 Å². The Balaban J connectivity index is 1.67. The molecule has 0 aliphatic rings. The molecule has 0 bridgehead atoms. The fourth-order valence-corrected chi connectivity index (χ4v) is 6.89. The van der Waals surface area contributed by atoms with Crippen molar-refractivity contribution < 1.29 is 93.0 Å². The molecule has 4 aromatic carbocycles. The second-order valence-electron chi connectivity index (χ2n) is 11.8. The van der Waals surface area contributed by atoms with Gasteiger partial charge in [0.15, 0.2) is 0 Å². The molecule has 312 valence electrons. The highest BCUT2D eigenvalue weighted by Crippen LogP contribution is 2.62. The minimum absolute atomic E-state index is 0.0407. The smallest absolute Gasteiger partial charge is 0.438 e. The summed E-state index contributed by atoms with van der Waals surface area (Å²) in [5, 5.41) is -7.60. The van der Waals surface area contributed by atoms with Crippen molar-refractivity contribution in [1.82, 2.24) is 0 Å². The molecule has 0 spiro atoms. The van der Waals surface area contributed by atoms with Crippen molar-refractivity contribution in [1.29, 1.82) is 0 Å². The summed E-state index contributed by atoms with van der Waals surface area (Å²) in [5.74, 6) is -37.9. The van der Waals surface area contributed by atoms with Crippen LogP contribution in [0.2, 0.25) is 0 Å². The second kappa shape index (κ2) is 14.8. The van der Waals surface area contributed by atoms with Crippen molar-refractivity contribution in [3.05, 3.63) is 90.0 Å². The minimum atomic E-state index is -8.31. The maximum atomic E-state index is 15.2. The van der Waals surface area contributed by atoms with Crippen LogP contribution in [-0.2, 0) is 25.9 Å². The topological polar surface area (TPSA) is 125 Å². The first-order valence-corrected chi connectivity index (χ1v) is 18.2. The summed E-state index contributed by atoms with van der Waals surface area (Å²) in [6, 6.07) is 13.8. The Morgan fingerprint density at radius 2 is 0.947 bits per heavy atom. The van der Waals surface area contributed by atoms with E-state index in [2.05, 4.69) is 0 Å². The van der Waals surface area contributed by atoms with Gasteiger partial charge in [-0.3, -0.25) is 4.55 Å². The molecule has 4 rings (SSSR count). The second-order valence-corrected chi connectivity index (χ2v) is 15.3. The number of sulfone groups is 1. The molecule has 0 radical (unpaired) electrons. The summed E-state index contributed by atoms with van der Waals surface area (Å²) in [6.07, 6.45) is 0. The number of alkyl halides is 12. The van der Waals surface area contributed by atoms with E-state index in [1.54, 1.807) is 24.3 Å². The van der Waals surface area contributed by atoms with Crippen LogP contribution in [0.4, 0.5) is 52.7 Å². The molecule has 0 amide bonds. The van der Waals surface area contributed by atoms with Gasteiger partial charge in [0.2, 0.25) is 9.84 Å². The van der Waals surface area contributed by atoms with Gasteiger partial charge in [-0.25, -0.2) is 8.42 Å². The third kappa shape index (κ3) is 7.28. The van der Waals surface area contributed by atoms with Gasteiger partial charge in [-0.2, -0.15) is 61.1 Å². The zero-order valence-corrected chi connectivity index (χ0v) is 30.7. The van der Waals surface area contributed by atoms with E-state index < -0.39 is 75.7 Å². The van der Waals surface area contributed by atoms with Crippen LogP contribution in [-0.4, -0.2) is 71.7 Å². The van der Waals surface area contributed by atoms with E-state index in [-0.39, 0.29) is 17.6 Å². The quantitative estimate of drug-likeness (QED) is 0.0919. The highest BCUT2D eigenvalue weighted by Gasteiger charge is 2.92. The standard InChI is InChI=1S/C34H26F12O9S2/c1-18-5-10-23(17-26(18)29(35,36)30(37,38)31(39,40)32(41,42)33(43,44)34(45,46)57(49,50)51)56(47,48)22-11-6-19(7-12-22)55-21-9-14-25(28(16-21)54-4)24-13-8-20(52-2)15-27(24)53-3/h5-17H,1-4H3,(H,49,50,51). The van der Waals surface area contributed by atoms with E-state index in [1.807, 2.05) is 0 Å². The van der Waals surface area contributed by atoms with Gasteiger partial charge in [-0.15, -0.1) is 0 Å². The highest BCUT2D eigenvalue weighted by molar-refractivity contribution is 7.91. The summed E-state index contributed by atoms with van der Waals surface area (Å²) >= 11 is 0. The molecule has 0 aromatic heterocycles. The Morgan fingerprint density at radius 3 is 1.42 bits per heavy atom. The third-order valence-corrected chi connectivity index (χ3v) is 11.0. The third-order valence-electron chi connectivity index (χ3n) is 8.37. The van der Waals surface area contributed by atoms with Crippen LogP contribution in [0.3, 0.4) is 0 Å². The van der Waals surface area contributed by atoms with Crippen LogP contribution in [0.15, 0.2) is 88.7 Å². The average molecular weight is 871 g/mol. The van der Waals surface area contributed by atoms with Gasteiger partial charge < -0.3 is 18.9 Å². The molecule has 0 aliphatic carbocycles. The summed E-state index contributed by atoms with van der Waals surface area (Å²) in [7, 11) is -8.56. The number of hydrogen-bond acceptors (Lipinski definition) is 8. The molecule has 0 saturated heterocycles. The van der Waals surface area contributed by atoms with Gasteiger partial charge in [0.1, 0.15) is 28.7 Å². The van der Waals surface area contributed by atoms with Crippen LogP contribution < -0.4 is 18.9 Å². The lowest BCUT2D eigenvalue weighted by atomic mass is 9.89. The van der Waals surface area contributed by atoms with Gasteiger partial charge in [-0.1, -0.05) is 6.07 Å². The highest BCUT2D eigenvalue weighted by atomic mass is 32.2. The van der Waals surface area contributed by atoms with Gasteiger partial charge in [-0.05, 0) is 73.2 Å². The number of benzene rings is 4. The van der Waals surface area contributed by atoms with Crippen LogP contribution in [0.25, 0.3) is 11.1 Å². The molecule has 4 aromatic rings. The first-order chi connectivity index (χ1) is 26.0. The van der Waals surface area contributed by atoms with Crippen LogP contribution >= 0.6 is 0 Å². The molecule has 0 aliphatic heterocycles. The maximum absolute atomic E-state index is 15.2. The van der Waals surface area contributed by atoms with E-state index in [1.165, 1.54) is 33.5 Å². The Morgan fingerprint density at radius 1 is 0.509 bits per heavy atom. The molecule has 57 heavy (non-hydrogen) atoms. The number of aryl methyl sites for hydroxylation is 1. The fourth-order valence-electron chi connectivity index (χ4n) is 5.15. The largest absolute Gasteiger partial charge is 0.497 e. The SMILES string of the molecule is COc1ccc(-c2ccc(Oc3ccc(S(=O)(=O)c4ccc(C)c(C(F)(F)C(F)(F)C(F)(F)C(F)(F)C(F)(F)C(F)(F)S(=O)(=O)O)c4)cc3)cc2OC)c(OC)c1. The lowest BCUT2D eigenvalue weighted by Gasteiger charge is -2.40. The van der Waals surface area contributed by atoms with Crippen molar-refractivity contribution in [2.75, 3.05) is 21.3 Å². The zero-order valence-electron chi connectivity index (χ0n) is 29.1. The van der Waals surface area contributed by atoms with Gasteiger partial charge in [0, 0.05) is 28.8 Å². The molecule has 0 heterocycles. The lowest BCUT2D eigenvalue weighted by Crippen LogP contribution is -2.71. The van der Waals surface area contributed by atoms with E-state index in [9.17, 15) is 60.7 Å². The predicted molar refractivity (Wildman–Crippen MR) is 175 cm³/mol. The first-order valence-electron chi connectivity index (χ1n) is 15.3. The van der Waals surface area contributed by atoms with Crippen molar-refractivity contribution >= 4 is 20.0 Å². The molecular weight excluding hydrogens is 844 g/mol. The molecule has 0 fully saturated rings. The Hall–Kier alpha value is -4.90. The fraction of sp³-hybridized carbons (Fsp3) is 0.294. The Kier molecular flexibility index (Phi) is 11.6. The monoisotopic (exact) mass is 870 g/mol. The Labute approximate surface area is 315 Å². The molecular formula is C34H26F12O9S2. The van der Waals surface area contributed by atoms with E-state index >= 15 is 8.78 Å². The molecule has 0 atom stereocenters. The summed E-state index contributed by atoms with van der Waals surface area (Å²) in [5.41, 5.74) is -2.51. The number of methoxy groups -OCH3 is 3. The number of rotatable bonds is 15. The van der Waals surface area contributed by atoms with E-state index in [0.717, 1.165) is 24.3 Å². The summed E-state index contributed by atoms with van der Waals surface area (Å²) < 4.78 is 250. The summed E-state index contributed by atoms with van der Waals surface area (Å²) in [4.78, 5) is -2.11. The lowest BCUT2D eigenvalue weighted by molar-refractivity contribution is -0.419. The average Bonchev–Trinajstić information content (AvgIpc) is 3.13. The molecule has 1 N–H and O–H groups in total. The molecule has 9 nitrogen and oxygen atoms in total. The van der Waals surface area contributed by atoms with Crippen molar-refractivity contribution in [2.45, 2.75) is 51.6 Å². The number of halogens is 12. The normalized spacial score (nSPS) is 13.6. The van der Waals surface area contributed by atoms with Gasteiger partial charge >= 0.3 is 45.0 Å². The number of ether oxygens (including phenoxy) is 4. The Bertz CT molecular complexity index is 2370. The van der Waals surface area contributed by atoms with Gasteiger partial charge in [0.25, 0.3) is 0 Å². The molecule has 0 unspecified atom stereocenters. The van der Waals surface area contributed by atoms with Crippen molar-refractivity contribution in [3.63, 3.8) is 0 Å². The zero-order chi connectivity index (χ0) is 43.4. The van der Waals surface area contributed by atoms with E-state index in [4.69, 9.17) is 23.5 Å². The first kappa shape index (κ1) is 44.8.